The van der Waals surface area contributed by atoms with E-state index in [1.54, 1.807) is 13.8 Å². The van der Waals surface area contributed by atoms with Gasteiger partial charge in [0.05, 0.1) is 17.5 Å². The summed E-state index contributed by atoms with van der Waals surface area (Å²) in [5, 5.41) is 2.37. The van der Waals surface area contributed by atoms with Gasteiger partial charge >= 0.3 is 6.03 Å². The minimum Gasteiger partial charge on any atom is -0.493 e. The van der Waals surface area contributed by atoms with Gasteiger partial charge in [0.15, 0.2) is 0 Å². The fourth-order valence-corrected chi connectivity index (χ4v) is 3.24. The number of nitrogens with zero attached hydrogens (tertiary/aromatic N) is 2. The van der Waals surface area contributed by atoms with Gasteiger partial charge in [0.1, 0.15) is 11.6 Å². The molecule has 0 spiro atoms. The number of hydrogen-bond acceptors (Lipinski definition) is 3. The number of carbonyl (C=O) groups excluding carboxylic acids is 1. The van der Waals surface area contributed by atoms with Gasteiger partial charge in [-0.05, 0) is 74.2 Å². The molecule has 3 rings (SSSR count). The van der Waals surface area contributed by atoms with E-state index in [1.165, 1.54) is 29.2 Å². The van der Waals surface area contributed by atoms with Crippen LogP contribution in [0.2, 0.25) is 0 Å². The maximum atomic E-state index is 14.1. The molecule has 1 saturated heterocycles. The molecule has 6 heteroatoms. The summed E-state index contributed by atoms with van der Waals surface area (Å²) in [4.78, 5) is 16.9. The van der Waals surface area contributed by atoms with E-state index < -0.39 is 55.0 Å². The predicted molar refractivity (Wildman–Crippen MR) is 121 cm³/mol. The van der Waals surface area contributed by atoms with Crippen molar-refractivity contribution >= 4 is 6.03 Å². The van der Waals surface area contributed by atoms with Crippen molar-refractivity contribution in [3.05, 3.63) is 65.4 Å². The van der Waals surface area contributed by atoms with Crippen molar-refractivity contribution in [2.45, 2.75) is 45.8 Å². The highest BCUT2D eigenvalue weighted by Gasteiger charge is 2.27. The largest absolute Gasteiger partial charge is 0.493 e. The lowest BCUT2D eigenvalue weighted by Crippen LogP contribution is -2.49. The summed E-state index contributed by atoms with van der Waals surface area (Å²) < 4.78 is 84.3. The van der Waals surface area contributed by atoms with Gasteiger partial charge in [-0.3, -0.25) is 0 Å². The third-order valence-corrected chi connectivity index (χ3v) is 4.95. The van der Waals surface area contributed by atoms with Crippen molar-refractivity contribution in [1.82, 2.24) is 15.1 Å². The van der Waals surface area contributed by atoms with Gasteiger partial charge in [0.25, 0.3) is 0 Å². The smallest absolute Gasteiger partial charge is 0.318 e. The highest BCUT2D eigenvalue weighted by molar-refractivity contribution is 5.74. The van der Waals surface area contributed by atoms with E-state index in [0.29, 0.717) is 25.9 Å². The standard InChI is InChI=1S/C25H34FN3O2/c1-19(2)18-31-24-10-6-20(7-11-24)16-27-25(30)29(23-12-14-28(3)15-13-23)17-21-4-8-22(26)9-5-21/h4-11,19,23H,12-18H2,1-3H3,(H,27,30)/i4D,5D,8D,9D,16D2,18D2. The van der Waals surface area contributed by atoms with E-state index in [2.05, 4.69) is 10.2 Å². The lowest BCUT2D eigenvalue weighted by atomic mass is 10.0. The summed E-state index contributed by atoms with van der Waals surface area (Å²) in [6.45, 7) is 0.0308. The Morgan fingerprint density at radius 1 is 1.23 bits per heavy atom. The molecule has 1 heterocycles. The molecule has 0 atom stereocenters. The van der Waals surface area contributed by atoms with Gasteiger partial charge < -0.3 is 19.9 Å². The first-order valence-electron chi connectivity index (χ1n) is 14.4. The Bertz CT molecular complexity index is 1160. The summed E-state index contributed by atoms with van der Waals surface area (Å²) >= 11 is 0. The van der Waals surface area contributed by atoms with Crippen LogP contribution in [0.15, 0.2) is 48.4 Å². The van der Waals surface area contributed by atoms with Gasteiger partial charge in [-0.2, -0.15) is 0 Å². The first-order chi connectivity index (χ1) is 18.0. The number of rotatable bonds is 8. The van der Waals surface area contributed by atoms with Crippen LogP contribution in [0.3, 0.4) is 0 Å². The second-order valence-corrected chi connectivity index (χ2v) is 7.91. The first kappa shape index (κ1) is 14.5. The molecule has 2 amide bonds. The van der Waals surface area contributed by atoms with Crippen molar-refractivity contribution in [3.8, 4) is 5.75 Å². The normalized spacial score (nSPS) is 19.8. The van der Waals surface area contributed by atoms with Crippen LogP contribution >= 0.6 is 0 Å². The highest BCUT2D eigenvalue weighted by Crippen LogP contribution is 2.19. The second-order valence-electron chi connectivity index (χ2n) is 7.91. The van der Waals surface area contributed by atoms with Crippen LogP contribution in [-0.4, -0.2) is 48.6 Å². The Balaban J connectivity index is 1.87. The minimum atomic E-state index is -2.35. The zero-order valence-electron chi connectivity index (χ0n) is 26.1. The van der Waals surface area contributed by atoms with Crippen LogP contribution in [-0.2, 0) is 13.0 Å². The molecular weight excluding hydrogens is 393 g/mol. The second kappa shape index (κ2) is 11.1. The molecule has 1 fully saturated rings. The van der Waals surface area contributed by atoms with Crippen molar-refractivity contribution < 1.29 is 24.9 Å². The molecule has 2 aromatic rings. The molecule has 5 nitrogen and oxygen atoms in total. The quantitative estimate of drug-likeness (QED) is 0.656. The monoisotopic (exact) mass is 435 g/mol. The maximum absolute atomic E-state index is 14.1. The number of amides is 2. The summed E-state index contributed by atoms with van der Waals surface area (Å²) in [6.07, 6.45) is 1.08. The van der Waals surface area contributed by atoms with Crippen molar-refractivity contribution in [1.29, 1.82) is 0 Å². The highest BCUT2D eigenvalue weighted by atomic mass is 19.1. The number of carbonyl (C=O) groups is 1. The molecule has 0 saturated carbocycles. The van der Waals surface area contributed by atoms with E-state index in [4.69, 9.17) is 15.7 Å². The van der Waals surface area contributed by atoms with Crippen LogP contribution in [0.4, 0.5) is 9.18 Å². The molecule has 168 valence electrons. The molecule has 1 N–H and O–H groups in total. The van der Waals surface area contributed by atoms with Crippen LogP contribution in [0.5, 0.6) is 5.75 Å². The molecule has 0 aromatic heterocycles. The molecule has 31 heavy (non-hydrogen) atoms. The number of halogens is 1. The number of ether oxygens (including phenoxy) is 1. The van der Waals surface area contributed by atoms with E-state index in [9.17, 15) is 9.18 Å². The van der Waals surface area contributed by atoms with Crippen molar-refractivity contribution in [2.75, 3.05) is 26.7 Å². The van der Waals surface area contributed by atoms with E-state index in [-0.39, 0.29) is 29.5 Å². The molecule has 1 aliphatic heterocycles. The van der Waals surface area contributed by atoms with Crippen molar-refractivity contribution in [3.63, 3.8) is 0 Å². The topological polar surface area (TPSA) is 44.8 Å². The molecule has 0 unspecified atom stereocenters. The summed E-state index contributed by atoms with van der Waals surface area (Å²) in [5.41, 5.74) is -0.0652. The SMILES string of the molecule is [2H]c1c([2H])c(CN(C(=O)NC([2H])([2H])c2ccc(OC([2H])([2H])C(C)C)cc2)C2CCN(C)CC2)c([2H])c([2H])c1F. The molecule has 0 aliphatic carbocycles. The van der Waals surface area contributed by atoms with E-state index in [1.807, 2.05) is 7.05 Å². The Kier molecular flexibility index (Phi) is 5.20. The van der Waals surface area contributed by atoms with E-state index >= 15 is 0 Å². The van der Waals surface area contributed by atoms with Crippen LogP contribution < -0.4 is 10.1 Å². The molecule has 2 aromatic carbocycles. The van der Waals surface area contributed by atoms with Gasteiger partial charge in [-0.1, -0.05) is 38.1 Å². The Hall–Kier alpha value is -2.60. The van der Waals surface area contributed by atoms with Crippen LogP contribution in [0.25, 0.3) is 0 Å². The number of hydrogen-bond donors (Lipinski definition) is 1. The number of likely N-dealkylation sites (tertiary alicyclic amines) is 1. The number of piperidine rings is 1. The molecule has 1 aliphatic rings. The summed E-state index contributed by atoms with van der Waals surface area (Å²) in [7, 11) is 1.93. The van der Waals surface area contributed by atoms with Gasteiger partial charge in [-0.15, -0.1) is 0 Å². The zero-order valence-corrected chi connectivity index (χ0v) is 18.1. The number of nitrogens with one attached hydrogen (secondary N) is 1. The van der Waals surface area contributed by atoms with Gasteiger partial charge in [-0.25, -0.2) is 9.18 Å². The zero-order chi connectivity index (χ0) is 29.3. The average molecular weight is 436 g/mol. The van der Waals surface area contributed by atoms with Crippen molar-refractivity contribution in [2.24, 2.45) is 5.92 Å². The Labute approximate surface area is 196 Å². The van der Waals surface area contributed by atoms with Crippen LogP contribution in [0.1, 0.15) is 48.8 Å². The minimum absolute atomic E-state index is 0.0858. The first-order valence-corrected chi connectivity index (χ1v) is 10.4. The number of urea groups is 1. The summed E-state index contributed by atoms with van der Waals surface area (Å²) in [6, 6.07) is 1.59. The van der Waals surface area contributed by atoms with E-state index in [0.717, 1.165) is 0 Å². The average Bonchev–Trinajstić information content (AvgIpc) is 2.87. The summed E-state index contributed by atoms with van der Waals surface area (Å²) in [5.74, 6) is -1.48. The molecular formula is C25H34FN3O2. The molecule has 0 bridgehead atoms. The predicted octanol–water partition coefficient (Wildman–Crippen LogP) is 4.67. The van der Waals surface area contributed by atoms with Crippen LogP contribution in [0, 0.1) is 11.7 Å². The maximum Gasteiger partial charge on any atom is 0.318 e. The third-order valence-electron chi connectivity index (χ3n) is 4.95. The number of benzene rings is 2. The molecule has 0 radical (unpaired) electrons. The van der Waals surface area contributed by atoms with Gasteiger partial charge in [0.2, 0.25) is 0 Å². The Morgan fingerprint density at radius 2 is 1.87 bits per heavy atom. The lowest BCUT2D eigenvalue weighted by molar-refractivity contribution is 0.127. The fourth-order valence-electron chi connectivity index (χ4n) is 3.24. The lowest BCUT2D eigenvalue weighted by Gasteiger charge is -2.37. The third kappa shape index (κ3) is 7.24. The van der Waals surface area contributed by atoms with Gasteiger partial charge in [0, 0.05) is 19.1 Å². The fraction of sp³-hybridized carbons (Fsp3) is 0.480. The Morgan fingerprint density at radius 3 is 2.48 bits per heavy atom.